The third-order valence-corrected chi connectivity index (χ3v) is 6.15. The summed E-state index contributed by atoms with van der Waals surface area (Å²) in [5, 5.41) is 14.2. The van der Waals surface area contributed by atoms with E-state index in [0.717, 1.165) is 35.1 Å². The number of H-pyrrole nitrogens is 1. The third-order valence-electron chi connectivity index (χ3n) is 5.88. The quantitative estimate of drug-likeness (QED) is 0.144. The molecule has 40 heavy (non-hydrogen) atoms. The van der Waals surface area contributed by atoms with Gasteiger partial charge in [0, 0.05) is 76.8 Å². The van der Waals surface area contributed by atoms with Crippen LogP contribution in [0.15, 0.2) is 48.5 Å². The Bertz CT molecular complexity index is 1410. The second-order valence-electron chi connectivity index (χ2n) is 8.62. The van der Waals surface area contributed by atoms with Gasteiger partial charge in [-0.25, -0.2) is 19.7 Å². The van der Waals surface area contributed by atoms with Gasteiger partial charge in [-0.3, -0.25) is 0 Å². The Morgan fingerprint density at radius 3 is 2.42 bits per heavy atom. The molecule has 0 aliphatic carbocycles. The van der Waals surface area contributed by atoms with Crippen molar-refractivity contribution in [2.75, 3.05) is 6.61 Å². The Morgan fingerprint density at radius 2 is 1.77 bits per heavy atom. The van der Waals surface area contributed by atoms with Crippen LogP contribution in [0.5, 0.6) is 0 Å². The maximum absolute atomic E-state index is 13.1. The van der Waals surface area contributed by atoms with Crippen molar-refractivity contribution >= 4 is 75.1 Å². The van der Waals surface area contributed by atoms with Gasteiger partial charge in [0.2, 0.25) is 6.29 Å². The van der Waals surface area contributed by atoms with Gasteiger partial charge in [0.15, 0.2) is 16.7 Å². The van der Waals surface area contributed by atoms with Crippen molar-refractivity contribution in [3.05, 3.63) is 70.8 Å². The Balaban J connectivity index is 0.00000441. The molecule has 13 heteroatoms. The predicted octanol–water partition coefficient (Wildman–Crippen LogP) is 5.07. The number of esters is 1. The number of aromatic nitrogens is 6. The second kappa shape index (κ2) is 15.4. The number of imidazole rings is 1. The van der Waals surface area contributed by atoms with E-state index in [1.165, 1.54) is 6.92 Å². The summed E-state index contributed by atoms with van der Waals surface area (Å²) in [6.07, 6.45) is 0.353. The standard InChI is InChI=1S/C27H29ClN6O5.K/c1-4-6-11-22-29-24(28)23(26(35)38-17(3)39-27(36)37-5-2)34(22)16-18-12-14-19(15-13-18)20-9-7-8-10-21(20)25-30-32-33-31-25;/h7-10,12-15,17H,4-6,11,16H2,1-3H3,(H,30,31,32,33);. The molecule has 2 aromatic carbocycles. The van der Waals surface area contributed by atoms with Crippen molar-refractivity contribution in [3.63, 3.8) is 0 Å². The molecule has 0 aliphatic heterocycles. The van der Waals surface area contributed by atoms with Gasteiger partial charge in [-0.05, 0) is 40.5 Å². The van der Waals surface area contributed by atoms with Crippen molar-refractivity contribution in [3.8, 4) is 22.5 Å². The number of nitrogens with zero attached hydrogens (tertiary/aromatic N) is 5. The fraction of sp³-hybridized carbons (Fsp3) is 0.333. The molecule has 0 amide bonds. The summed E-state index contributed by atoms with van der Waals surface area (Å²) < 4.78 is 16.8. The van der Waals surface area contributed by atoms with Gasteiger partial charge in [-0.2, -0.15) is 0 Å². The predicted molar refractivity (Wildman–Crippen MR) is 149 cm³/mol. The van der Waals surface area contributed by atoms with E-state index in [1.54, 1.807) is 11.5 Å². The number of halogens is 1. The summed E-state index contributed by atoms with van der Waals surface area (Å²) in [6.45, 7) is 5.62. The van der Waals surface area contributed by atoms with Crippen LogP contribution in [0.2, 0.25) is 5.15 Å². The first-order valence-electron chi connectivity index (χ1n) is 12.6. The number of aryl methyl sites for hydroxylation is 1. The van der Waals surface area contributed by atoms with Gasteiger partial charge in [-0.15, -0.1) is 5.10 Å². The molecule has 0 fully saturated rings. The Morgan fingerprint density at radius 1 is 1.05 bits per heavy atom. The van der Waals surface area contributed by atoms with Gasteiger partial charge in [0.05, 0.1) is 6.61 Å². The molecule has 205 valence electrons. The average molecular weight is 592 g/mol. The van der Waals surface area contributed by atoms with Gasteiger partial charge < -0.3 is 18.8 Å². The maximum Gasteiger partial charge on any atom is 0.511 e. The fourth-order valence-corrected chi connectivity index (χ4v) is 4.34. The largest absolute Gasteiger partial charge is 0.511 e. The van der Waals surface area contributed by atoms with Gasteiger partial charge >= 0.3 is 12.1 Å². The summed E-state index contributed by atoms with van der Waals surface area (Å²) in [6, 6.07) is 15.8. The van der Waals surface area contributed by atoms with Crippen LogP contribution in [0.1, 0.15) is 55.5 Å². The summed E-state index contributed by atoms with van der Waals surface area (Å²) in [5.74, 6) is 0.492. The number of tetrazole rings is 1. The monoisotopic (exact) mass is 591 g/mol. The molecule has 2 aromatic heterocycles. The average Bonchev–Trinajstić information content (AvgIpc) is 3.56. The van der Waals surface area contributed by atoms with E-state index in [2.05, 4.69) is 32.5 Å². The molecule has 0 saturated heterocycles. The molecule has 1 atom stereocenters. The topological polar surface area (TPSA) is 134 Å². The molecular formula is C27H29ClKN6O5. The molecule has 11 nitrogen and oxygen atoms in total. The SMILES string of the molecule is CCCCc1nc(Cl)c(C(=O)OC(C)OC(=O)OCC)n1Cc1ccc(-c2ccccc2-c2nnn[nH]2)cc1.[K]. The van der Waals surface area contributed by atoms with Crippen LogP contribution >= 0.6 is 11.6 Å². The zero-order chi connectivity index (χ0) is 27.8. The van der Waals surface area contributed by atoms with E-state index in [1.807, 2.05) is 48.5 Å². The number of nitrogens with one attached hydrogen (secondary N) is 1. The van der Waals surface area contributed by atoms with E-state index in [0.29, 0.717) is 24.6 Å². The normalized spacial score (nSPS) is 11.4. The molecule has 0 spiro atoms. The Hall–Kier alpha value is -2.61. The molecule has 0 aliphatic rings. The first-order chi connectivity index (χ1) is 18.9. The number of hydrogen-bond donors (Lipinski definition) is 1. The number of rotatable bonds is 11. The van der Waals surface area contributed by atoms with E-state index < -0.39 is 18.4 Å². The zero-order valence-electron chi connectivity index (χ0n) is 22.9. The summed E-state index contributed by atoms with van der Waals surface area (Å²) in [7, 11) is 0. The van der Waals surface area contributed by atoms with E-state index in [4.69, 9.17) is 25.8 Å². The van der Waals surface area contributed by atoms with Crippen molar-refractivity contribution in [1.82, 2.24) is 30.2 Å². The summed E-state index contributed by atoms with van der Waals surface area (Å²) in [4.78, 5) is 29.1. The first-order valence-corrected chi connectivity index (χ1v) is 13.0. The molecule has 1 unspecified atom stereocenters. The van der Waals surface area contributed by atoms with Crippen LogP contribution in [-0.2, 0) is 27.2 Å². The van der Waals surface area contributed by atoms with E-state index in [9.17, 15) is 9.59 Å². The molecule has 0 bridgehead atoms. The van der Waals surface area contributed by atoms with Crippen LogP contribution in [0.25, 0.3) is 22.5 Å². The number of hydrogen-bond acceptors (Lipinski definition) is 9. The van der Waals surface area contributed by atoms with Crippen molar-refractivity contribution in [2.24, 2.45) is 0 Å². The number of ether oxygens (including phenoxy) is 3. The summed E-state index contributed by atoms with van der Waals surface area (Å²) in [5.41, 5.74) is 3.84. The fourth-order valence-electron chi connectivity index (χ4n) is 4.06. The van der Waals surface area contributed by atoms with Crippen molar-refractivity contribution in [1.29, 1.82) is 0 Å². The second-order valence-corrected chi connectivity index (χ2v) is 8.98. The van der Waals surface area contributed by atoms with Gasteiger partial charge in [0.25, 0.3) is 0 Å². The zero-order valence-corrected chi connectivity index (χ0v) is 26.8. The van der Waals surface area contributed by atoms with Crippen molar-refractivity contribution < 1.29 is 23.8 Å². The number of aromatic amines is 1. The van der Waals surface area contributed by atoms with Crippen LogP contribution in [0.4, 0.5) is 4.79 Å². The first kappa shape index (κ1) is 31.9. The number of carbonyl (C=O) groups is 2. The number of unbranched alkanes of at least 4 members (excludes halogenated alkanes) is 1. The number of benzene rings is 2. The van der Waals surface area contributed by atoms with Crippen LogP contribution in [-0.4, -0.2) is 107 Å². The van der Waals surface area contributed by atoms with Gasteiger partial charge in [0.1, 0.15) is 5.82 Å². The molecule has 1 radical (unpaired) electrons. The van der Waals surface area contributed by atoms with Crippen LogP contribution in [0.3, 0.4) is 0 Å². The molecule has 1 N–H and O–H groups in total. The molecule has 0 saturated carbocycles. The number of carbonyl (C=O) groups excluding carboxylic acids is 2. The molecular weight excluding hydrogens is 563 g/mol. The Kier molecular flexibility index (Phi) is 12.3. The van der Waals surface area contributed by atoms with Crippen LogP contribution in [0, 0.1) is 0 Å². The van der Waals surface area contributed by atoms with Gasteiger partial charge in [-0.1, -0.05) is 73.5 Å². The smallest absolute Gasteiger partial charge is 0.435 e. The van der Waals surface area contributed by atoms with E-state index >= 15 is 0 Å². The Labute approximate surface area is 279 Å². The summed E-state index contributed by atoms with van der Waals surface area (Å²) >= 11 is 6.42. The molecule has 4 aromatic rings. The van der Waals surface area contributed by atoms with Crippen molar-refractivity contribution in [2.45, 2.75) is 52.9 Å². The van der Waals surface area contributed by atoms with E-state index in [-0.39, 0.29) is 68.8 Å². The molecule has 2 heterocycles. The minimum Gasteiger partial charge on any atom is -0.435 e. The van der Waals surface area contributed by atoms with Crippen LogP contribution < -0.4 is 0 Å². The molecule has 4 rings (SSSR count). The maximum atomic E-state index is 13.1. The minimum atomic E-state index is -1.17. The minimum absolute atomic E-state index is 0. The third kappa shape index (κ3) is 7.99.